The van der Waals surface area contributed by atoms with E-state index in [1.165, 1.54) is 19.1 Å². The maximum Gasteiger partial charge on any atom is 0.312 e. The maximum absolute atomic E-state index is 10.6. The molecule has 0 heterocycles. The summed E-state index contributed by atoms with van der Waals surface area (Å²) in [5.74, 6) is -1.01. The zero-order valence-electron chi connectivity index (χ0n) is 7.56. The Morgan fingerprint density at radius 1 is 1.29 bits per heavy atom. The highest BCUT2D eigenvalue weighted by molar-refractivity contribution is 5.81. The Bertz CT molecular complexity index is 305. The number of carboxylic acids is 1. The number of hydrogen-bond acceptors (Lipinski definition) is 3. The van der Waals surface area contributed by atoms with Crippen molar-refractivity contribution in [2.24, 2.45) is 0 Å². The quantitative estimate of drug-likeness (QED) is 0.579. The lowest BCUT2D eigenvalue weighted by Crippen LogP contribution is -2.01. The molecule has 0 saturated carbocycles. The van der Waals surface area contributed by atoms with Crippen molar-refractivity contribution >= 4 is 11.9 Å². The van der Waals surface area contributed by atoms with Crippen molar-refractivity contribution in [2.45, 2.75) is 6.92 Å². The lowest BCUT2D eigenvalue weighted by atomic mass is 10.1. The van der Waals surface area contributed by atoms with Crippen molar-refractivity contribution in [2.75, 3.05) is 0 Å². The number of esters is 1. The molecule has 0 amide bonds. The average Bonchev–Trinajstić information content (AvgIpc) is 2.06. The molecule has 1 radical (unpaired) electrons. The van der Waals surface area contributed by atoms with E-state index in [-0.39, 0.29) is 0 Å². The predicted octanol–water partition coefficient (Wildman–Crippen LogP) is 1.25. The molecule has 1 rings (SSSR count). The van der Waals surface area contributed by atoms with Crippen LogP contribution < -0.4 is 4.74 Å². The topological polar surface area (TPSA) is 63.6 Å². The van der Waals surface area contributed by atoms with Gasteiger partial charge in [-0.15, -0.1) is 0 Å². The van der Waals surface area contributed by atoms with Crippen LogP contribution >= 0.6 is 0 Å². The van der Waals surface area contributed by atoms with Crippen LogP contribution in [0.5, 0.6) is 5.75 Å². The lowest BCUT2D eigenvalue weighted by Gasteiger charge is -2.01. The highest BCUT2D eigenvalue weighted by atomic mass is 16.5. The van der Waals surface area contributed by atoms with Crippen LogP contribution in [0, 0.1) is 6.42 Å². The molecule has 4 nitrogen and oxygen atoms in total. The molecule has 0 unspecified atom stereocenters. The monoisotopic (exact) mass is 193 g/mol. The van der Waals surface area contributed by atoms with E-state index in [0.717, 1.165) is 6.42 Å². The van der Waals surface area contributed by atoms with Crippen LogP contribution in [0.3, 0.4) is 0 Å². The van der Waals surface area contributed by atoms with Crippen molar-refractivity contribution < 1.29 is 19.4 Å². The summed E-state index contributed by atoms with van der Waals surface area (Å²) in [4.78, 5) is 20.8. The zero-order valence-corrected chi connectivity index (χ0v) is 7.56. The molecule has 0 atom stereocenters. The molecular formula is C10H9O4. The van der Waals surface area contributed by atoms with E-state index < -0.39 is 11.9 Å². The van der Waals surface area contributed by atoms with Crippen molar-refractivity contribution in [3.63, 3.8) is 0 Å². The molecule has 0 aliphatic heterocycles. The Kier molecular flexibility index (Phi) is 3.23. The minimum atomic E-state index is -1.01. The summed E-state index contributed by atoms with van der Waals surface area (Å²) in [5.41, 5.74) is 0.549. The third kappa shape index (κ3) is 3.26. The normalized spacial score (nSPS) is 9.50. The summed E-state index contributed by atoms with van der Waals surface area (Å²) in [6.07, 6.45) is 1.07. The molecule has 1 aromatic carbocycles. The van der Waals surface area contributed by atoms with Gasteiger partial charge in [0.25, 0.3) is 0 Å². The van der Waals surface area contributed by atoms with Gasteiger partial charge in [0, 0.05) is 6.92 Å². The Hall–Kier alpha value is -1.84. The summed E-state index contributed by atoms with van der Waals surface area (Å²) in [5, 5.41) is 8.44. The summed E-state index contributed by atoms with van der Waals surface area (Å²) >= 11 is 0. The van der Waals surface area contributed by atoms with E-state index in [2.05, 4.69) is 0 Å². The molecule has 73 valence electrons. The predicted molar refractivity (Wildman–Crippen MR) is 48.8 cm³/mol. The van der Waals surface area contributed by atoms with Gasteiger partial charge in [-0.2, -0.15) is 0 Å². The number of carbonyl (C=O) groups excluding carboxylic acids is 1. The fraction of sp³-hybridized carbons (Fsp3) is 0.100. The van der Waals surface area contributed by atoms with E-state index in [1.807, 2.05) is 0 Å². The second-order valence-electron chi connectivity index (χ2n) is 2.65. The van der Waals surface area contributed by atoms with E-state index >= 15 is 0 Å². The molecule has 0 fully saturated rings. The first-order chi connectivity index (χ1) is 6.58. The summed E-state index contributed by atoms with van der Waals surface area (Å²) in [6.45, 7) is 1.30. The van der Waals surface area contributed by atoms with E-state index in [0.29, 0.717) is 11.3 Å². The Morgan fingerprint density at radius 3 is 2.29 bits per heavy atom. The number of carbonyl (C=O) groups is 2. The van der Waals surface area contributed by atoms with Gasteiger partial charge in [0.1, 0.15) is 5.75 Å². The number of hydrogen-bond donors (Lipinski definition) is 1. The van der Waals surface area contributed by atoms with Gasteiger partial charge < -0.3 is 9.84 Å². The SMILES string of the molecule is CC(=O)Oc1ccc([CH]C(=O)O)cc1. The van der Waals surface area contributed by atoms with E-state index in [4.69, 9.17) is 9.84 Å². The number of aliphatic carboxylic acids is 1. The Balaban J connectivity index is 2.68. The van der Waals surface area contributed by atoms with Crippen molar-refractivity contribution in [3.8, 4) is 5.75 Å². The Morgan fingerprint density at radius 2 is 1.86 bits per heavy atom. The highest BCUT2D eigenvalue weighted by Crippen LogP contribution is 2.13. The van der Waals surface area contributed by atoms with Gasteiger partial charge in [-0.05, 0) is 17.7 Å². The van der Waals surface area contributed by atoms with Gasteiger partial charge in [-0.25, -0.2) is 0 Å². The summed E-state index contributed by atoms with van der Waals surface area (Å²) in [7, 11) is 0. The van der Waals surface area contributed by atoms with Crippen LogP contribution in [-0.4, -0.2) is 17.0 Å². The zero-order chi connectivity index (χ0) is 10.6. The number of benzene rings is 1. The van der Waals surface area contributed by atoms with Gasteiger partial charge in [0.2, 0.25) is 0 Å². The molecule has 0 aliphatic carbocycles. The maximum atomic E-state index is 10.6. The largest absolute Gasteiger partial charge is 0.481 e. The van der Waals surface area contributed by atoms with Gasteiger partial charge in [-0.1, -0.05) is 12.1 Å². The Labute approximate surface area is 81.1 Å². The summed E-state index contributed by atoms with van der Waals surface area (Å²) < 4.78 is 4.77. The fourth-order valence-corrected chi connectivity index (χ4v) is 0.941. The van der Waals surface area contributed by atoms with Crippen LogP contribution in [0.15, 0.2) is 24.3 Å². The van der Waals surface area contributed by atoms with Crippen LogP contribution in [-0.2, 0) is 9.59 Å². The van der Waals surface area contributed by atoms with Crippen LogP contribution in [0.25, 0.3) is 0 Å². The van der Waals surface area contributed by atoms with E-state index in [1.54, 1.807) is 12.1 Å². The van der Waals surface area contributed by atoms with Crippen LogP contribution in [0.2, 0.25) is 0 Å². The minimum Gasteiger partial charge on any atom is -0.481 e. The molecule has 0 saturated heterocycles. The molecule has 1 aromatic rings. The van der Waals surface area contributed by atoms with Gasteiger partial charge >= 0.3 is 11.9 Å². The third-order valence-electron chi connectivity index (χ3n) is 1.43. The minimum absolute atomic E-state index is 0.403. The molecule has 0 aromatic heterocycles. The van der Waals surface area contributed by atoms with Crippen molar-refractivity contribution in [3.05, 3.63) is 36.2 Å². The number of carboxylic acid groups (broad SMARTS) is 1. The molecule has 0 aliphatic rings. The molecule has 4 heteroatoms. The second kappa shape index (κ2) is 4.41. The molecular weight excluding hydrogens is 184 g/mol. The van der Waals surface area contributed by atoms with Crippen molar-refractivity contribution in [1.82, 2.24) is 0 Å². The first kappa shape index (κ1) is 10.2. The second-order valence-corrected chi connectivity index (χ2v) is 2.65. The molecule has 0 spiro atoms. The fourth-order valence-electron chi connectivity index (χ4n) is 0.941. The molecule has 14 heavy (non-hydrogen) atoms. The van der Waals surface area contributed by atoms with Gasteiger partial charge in [-0.3, -0.25) is 9.59 Å². The number of rotatable bonds is 3. The highest BCUT2D eigenvalue weighted by Gasteiger charge is 2.02. The molecule has 1 N–H and O–H groups in total. The van der Waals surface area contributed by atoms with Crippen LogP contribution in [0.1, 0.15) is 12.5 Å². The summed E-state index contributed by atoms with van der Waals surface area (Å²) in [6, 6.07) is 6.20. The third-order valence-corrected chi connectivity index (χ3v) is 1.43. The van der Waals surface area contributed by atoms with Crippen molar-refractivity contribution in [1.29, 1.82) is 0 Å². The van der Waals surface area contributed by atoms with Gasteiger partial charge in [0.15, 0.2) is 0 Å². The lowest BCUT2D eigenvalue weighted by molar-refractivity contribution is -0.133. The standard InChI is InChI=1S/C10H9O4/c1-7(11)14-9-4-2-8(3-5-9)6-10(12)13/h2-6H,1H3,(H,12,13). The average molecular weight is 193 g/mol. The first-order valence-corrected chi connectivity index (χ1v) is 3.94. The van der Waals surface area contributed by atoms with Crippen LogP contribution in [0.4, 0.5) is 0 Å². The smallest absolute Gasteiger partial charge is 0.312 e. The van der Waals surface area contributed by atoms with Gasteiger partial charge in [0.05, 0.1) is 6.42 Å². The molecule has 0 bridgehead atoms. The first-order valence-electron chi connectivity index (χ1n) is 3.94. The van der Waals surface area contributed by atoms with E-state index in [9.17, 15) is 9.59 Å². The number of ether oxygens (including phenoxy) is 1.